The minimum atomic E-state index is -0.629. The van der Waals surface area contributed by atoms with Crippen LogP contribution in [0, 0.1) is 5.82 Å². The number of hydrogen-bond acceptors (Lipinski definition) is 7. The van der Waals surface area contributed by atoms with Crippen molar-refractivity contribution in [3.05, 3.63) is 50.9 Å². The largest absolute Gasteiger partial charge is 0.461 e. The van der Waals surface area contributed by atoms with Crippen LogP contribution in [0.25, 0.3) is 16.9 Å². The molecule has 0 saturated heterocycles. The Kier molecular flexibility index (Phi) is 5.78. The molecule has 10 heteroatoms. The zero-order chi connectivity index (χ0) is 20.3. The number of halogens is 1. The first kappa shape index (κ1) is 19.6. The van der Waals surface area contributed by atoms with E-state index in [0.29, 0.717) is 18.8 Å². The van der Waals surface area contributed by atoms with Gasteiger partial charge in [0.25, 0.3) is 5.56 Å². The molecular formula is C18H21FN6O3. The van der Waals surface area contributed by atoms with Crippen molar-refractivity contribution in [1.82, 2.24) is 29.2 Å². The van der Waals surface area contributed by atoms with Crippen molar-refractivity contribution < 1.29 is 9.13 Å². The highest BCUT2D eigenvalue weighted by Gasteiger charge is 2.17. The fraction of sp³-hybridized carbons (Fsp3) is 0.389. The number of benzene rings is 1. The van der Waals surface area contributed by atoms with Crippen LogP contribution in [0.15, 0.2) is 33.9 Å². The summed E-state index contributed by atoms with van der Waals surface area (Å²) < 4.78 is 20.8. The summed E-state index contributed by atoms with van der Waals surface area (Å²) in [7, 11) is 1.34. The fourth-order valence-electron chi connectivity index (χ4n) is 2.78. The molecule has 0 saturated carbocycles. The summed E-state index contributed by atoms with van der Waals surface area (Å²) in [6, 6.07) is 5.21. The van der Waals surface area contributed by atoms with Crippen molar-refractivity contribution in [3.8, 4) is 11.7 Å². The van der Waals surface area contributed by atoms with E-state index in [4.69, 9.17) is 4.74 Å². The molecule has 0 fully saturated rings. The molecule has 0 N–H and O–H groups in total. The molecule has 1 aromatic carbocycles. The highest BCUT2D eigenvalue weighted by molar-refractivity contribution is 5.70. The normalized spacial score (nSPS) is 11.3. The topological polar surface area (TPSA) is 95.1 Å². The van der Waals surface area contributed by atoms with Gasteiger partial charge in [0.2, 0.25) is 0 Å². The first-order valence-electron chi connectivity index (χ1n) is 8.93. The molecule has 2 aromatic heterocycles. The van der Waals surface area contributed by atoms with Gasteiger partial charge in [0.15, 0.2) is 11.2 Å². The Balaban J connectivity index is 2.03. The van der Waals surface area contributed by atoms with Gasteiger partial charge < -0.3 is 9.64 Å². The molecule has 148 valence electrons. The van der Waals surface area contributed by atoms with Gasteiger partial charge in [0, 0.05) is 13.6 Å². The third-order valence-corrected chi connectivity index (χ3v) is 4.46. The first-order chi connectivity index (χ1) is 13.5. The van der Waals surface area contributed by atoms with Gasteiger partial charge in [0.1, 0.15) is 12.4 Å². The van der Waals surface area contributed by atoms with Crippen molar-refractivity contribution in [2.45, 2.75) is 13.8 Å². The lowest BCUT2D eigenvalue weighted by molar-refractivity contribution is 0.211. The maximum atomic E-state index is 13.2. The lowest BCUT2D eigenvalue weighted by atomic mass is 10.3. The molecule has 0 spiro atoms. The molecular weight excluding hydrogens is 367 g/mol. The van der Waals surface area contributed by atoms with Crippen LogP contribution in [-0.4, -0.2) is 55.5 Å². The molecule has 0 radical (unpaired) electrons. The van der Waals surface area contributed by atoms with Gasteiger partial charge in [-0.3, -0.25) is 9.36 Å². The Hall–Kier alpha value is -3.14. The Morgan fingerprint density at radius 1 is 1.11 bits per heavy atom. The molecule has 0 bridgehead atoms. The van der Waals surface area contributed by atoms with Crippen LogP contribution in [-0.2, 0) is 7.05 Å². The number of ether oxygens (including phenoxy) is 1. The monoisotopic (exact) mass is 388 g/mol. The molecule has 0 aliphatic heterocycles. The number of nitrogens with zero attached hydrogens (tertiary/aromatic N) is 6. The minimum Gasteiger partial charge on any atom is -0.461 e. The van der Waals surface area contributed by atoms with Crippen LogP contribution in [0.4, 0.5) is 4.39 Å². The Morgan fingerprint density at radius 3 is 2.43 bits per heavy atom. The average molecular weight is 388 g/mol. The van der Waals surface area contributed by atoms with E-state index >= 15 is 0 Å². The van der Waals surface area contributed by atoms with Gasteiger partial charge in [-0.2, -0.15) is 4.98 Å². The standard InChI is InChI=1S/C18H21FN6O3/c1-4-24(5-2)10-11-28-17-20-14-15(21-22-17)25(18(27)23(3)16(14)26)13-8-6-12(19)7-9-13/h6-9H,4-5,10-11H2,1-3H3. The predicted octanol–water partition coefficient (Wildman–Crippen LogP) is 0.734. The van der Waals surface area contributed by atoms with E-state index in [1.165, 1.54) is 31.3 Å². The van der Waals surface area contributed by atoms with Crippen molar-refractivity contribution >= 4 is 11.2 Å². The van der Waals surface area contributed by atoms with Crippen LogP contribution >= 0.6 is 0 Å². The van der Waals surface area contributed by atoms with E-state index in [1.807, 2.05) is 0 Å². The quantitative estimate of drug-likeness (QED) is 0.589. The lowest BCUT2D eigenvalue weighted by Gasteiger charge is -2.17. The van der Waals surface area contributed by atoms with Crippen LogP contribution in [0.1, 0.15) is 13.8 Å². The molecule has 9 nitrogen and oxygen atoms in total. The molecule has 3 aromatic rings. The number of aromatic nitrogens is 5. The van der Waals surface area contributed by atoms with Crippen LogP contribution in [0.2, 0.25) is 0 Å². The molecule has 28 heavy (non-hydrogen) atoms. The third kappa shape index (κ3) is 3.77. The van der Waals surface area contributed by atoms with E-state index in [2.05, 4.69) is 33.9 Å². The smallest absolute Gasteiger partial charge is 0.337 e. The summed E-state index contributed by atoms with van der Waals surface area (Å²) in [5.74, 6) is -0.445. The second kappa shape index (κ2) is 8.26. The van der Waals surface area contributed by atoms with E-state index in [9.17, 15) is 14.0 Å². The molecule has 3 rings (SSSR count). The molecule has 2 heterocycles. The maximum Gasteiger partial charge on any atom is 0.337 e. The van der Waals surface area contributed by atoms with Crippen LogP contribution in [0.5, 0.6) is 6.01 Å². The number of likely N-dealkylation sites (N-methyl/N-ethyl adjacent to an activating group) is 1. The lowest BCUT2D eigenvalue weighted by Crippen LogP contribution is -2.38. The fourth-order valence-corrected chi connectivity index (χ4v) is 2.78. The van der Waals surface area contributed by atoms with Crippen LogP contribution in [0.3, 0.4) is 0 Å². The average Bonchev–Trinajstić information content (AvgIpc) is 2.71. The highest BCUT2D eigenvalue weighted by Crippen LogP contribution is 2.12. The first-order valence-corrected chi connectivity index (χ1v) is 8.93. The van der Waals surface area contributed by atoms with Gasteiger partial charge in [-0.05, 0) is 37.4 Å². The zero-order valence-electron chi connectivity index (χ0n) is 15.9. The summed E-state index contributed by atoms with van der Waals surface area (Å²) in [5, 5.41) is 7.87. The van der Waals surface area contributed by atoms with Gasteiger partial charge in [0.05, 0.1) is 5.69 Å². The van der Waals surface area contributed by atoms with Gasteiger partial charge in [-0.15, -0.1) is 5.10 Å². The molecule has 0 aliphatic carbocycles. The molecule has 0 aliphatic rings. The van der Waals surface area contributed by atoms with Gasteiger partial charge in [-0.25, -0.2) is 13.8 Å². The third-order valence-electron chi connectivity index (χ3n) is 4.46. The number of hydrogen-bond donors (Lipinski definition) is 0. The van der Waals surface area contributed by atoms with E-state index in [1.54, 1.807) is 0 Å². The zero-order valence-corrected chi connectivity index (χ0v) is 15.9. The number of fused-ring (bicyclic) bond motifs is 1. The van der Waals surface area contributed by atoms with Gasteiger partial charge >= 0.3 is 11.7 Å². The molecule has 0 unspecified atom stereocenters. The van der Waals surface area contributed by atoms with E-state index in [-0.39, 0.29) is 17.2 Å². The summed E-state index contributed by atoms with van der Waals surface area (Å²) in [5.41, 5.74) is -0.967. The highest BCUT2D eigenvalue weighted by atomic mass is 19.1. The Labute approximate surface area is 160 Å². The van der Waals surface area contributed by atoms with E-state index < -0.39 is 17.1 Å². The summed E-state index contributed by atoms with van der Waals surface area (Å²) in [6.45, 7) is 6.91. The molecule has 0 amide bonds. The number of rotatable bonds is 7. The van der Waals surface area contributed by atoms with E-state index in [0.717, 1.165) is 22.2 Å². The van der Waals surface area contributed by atoms with Crippen molar-refractivity contribution in [3.63, 3.8) is 0 Å². The van der Waals surface area contributed by atoms with Crippen molar-refractivity contribution in [2.24, 2.45) is 7.05 Å². The summed E-state index contributed by atoms with van der Waals surface area (Å²) in [6.07, 6.45) is 0. The van der Waals surface area contributed by atoms with Crippen molar-refractivity contribution in [2.75, 3.05) is 26.2 Å². The molecule has 0 atom stereocenters. The second-order valence-electron chi connectivity index (χ2n) is 6.10. The Morgan fingerprint density at radius 2 is 1.79 bits per heavy atom. The second-order valence-corrected chi connectivity index (χ2v) is 6.10. The van der Waals surface area contributed by atoms with Crippen LogP contribution < -0.4 is 16.0 Å². The summed E-state index contributed by atoms with van der Waals surface area (Å²) >= 11 is 0. The maximum absolute atomic E-state index is 13.2. The van der Waals surface area contributed by atoms with Gasteiger partial charge in [-0.1, -0.05) is 18.9 Å². The predicted molar refractivity (Wildman–Crippen MR) is 101 cm³/mol. The Bertz CT molecular complexity index is 1090. The minimum absolute atomic E-state index is 0.0178. The SMILES string of the molecule is CCN(CC)CCOc1nnc2c(n1)c(=O)n(C)c(=O)n2-c1ccc(F)cc1. The summed E-state index contributed by atoms with van der Waals surface area (Å²) in [4.78, 5) is 31.4. The van der Waals surface area contributed by atoms with Crippen molar-refractivity contribution in [1.29, 1.82) is 0 Å².